The Morgan fingerprint density at radius 2 is 2.06 bits per heavy atom. The average Bonchev–Trinajstić information content (AvgIpc) is 2.77. The summed E-state index contributed by atoms with van der Waals surface area (Å²) in [5.74, 6) is -0.337. The summed E-state index contributed by atoms with van der Waals surface area (Å²) >= 11 is 0. The second-order valence-corrected chi connectivity index (χ2v) is 5.14. The van der Waals surface area contributed by atoms with E-state index < -0.39 is 11.6 Å². The van der Waals surface area contributed by atoms with Gasteiger partial charge in [-0.05, 0) is 33.6 Å². The maximum atomic E-state index is 12.2. The fraction of sp³-hybridized carbons (Fsp3) is 0.846. The van der Waals surface area contributed by atoms with Gasteiger partial charge in [-0.25, -0.2) is 4.79 Å². The molecule has 0 saturated carbocycles. The number of nitrogens with zero attached hydrogens (tertiary/aromatic N) is 1. The lowest BCUT2D eigenvalue weighted by Gasteiger charge is -2.28. The lowest BCUT2D eigenvalue weighted by Crippen LogP contribution is -2.44. The number of hydrogen-bond donors (Lipinski definition) is 0. The molecule has 0 aromatic rings. The molecule has 5 nitrogen and oxygen atoms in total. The Labute approximate surface area is 108 Å². The first-order valence-electron chi connectivity index (χ1n) is 6.42. The third kappa shape index (κ3) is 3.70. The molecular formula is C13H23NO4. The van der Waals surface area contributed by atoms with Crippen molar-refractivity contribution in [2.75, 3.05) is 20.3 Å². The van der Waals surface area contributed by atoms with Crippen LogP contribution in [-0.2, 0) is 19.1 Å². The van der Waals surface area contributed by atoms with E-state index in [-0.39, 0.29) is 18.3 Å². The van der Waals surface area contributed by atoms with E-state index in [0.29, 0.717) is 19.6 Å². The van der Waals surface area contributed by atoms with E-state index in [2.05, 4.69) is 0 Å². The molecule has 0 N–H and O–H groups in total. The molecule has 18 heavy (non-hydrogen) atoms. The van der Waals surface area contributed by atoms with Crippen molar-refractivity contribution in [3.63, 3.8) is 0 Å². The van der Waals surface area contributed by atoms with Crippen LogP contribution in [0.1, 0.15) is 40.0 Å². The van der Waals surface area contributed by atoms with Gasteiger partial charge in [0.25, 0.3) is 0 Å². The number of rotatable bonds is 5. The van der Waals surface area contributed by atoms with Crippen molar-refractivity contribution in [3.8, 4) is 0 Å². The van der Waals surface area contributed by atoms with E-state index >= 15 is 0 Å². The van der Waals surface area contributed by atoms with Crippen LogP contribution in [0.5, 0.6) is 0 Å². The van der Waals surface area contributed by atoms with Crippen molar-refractivity contribution >= 4 is 11.9 Å². The predicted molar refractivity (Wildman–Crippen MR) is 67.1 cm³/mol. The molecule has 1 amide bonds. The van der Waals surface area contributed by atoms with Gasteiger partial charge < -0.3 is 14.4 Å². The van der Waals surface area contributed by atoms with Crippen molar-refractivity contribution in [1.82, 2.24) is 4.90 Å². The maximum absolute atomic E-state index is 12.2. The van der Waals surface area contributed by atoms with Gasteiger partial charge in [-0.2, -0.15) is 0 Å². The molecule has 1 aliphatic heterocycles. The Hall–Kier alpha value is -1.10. The van der Waals surface area contributed by atoms with Crippen LogP contribution in [-0.4, -0.2) is 48.7 Å². The number of esters is 1. The molecule has 1 saturated heterocycles. The van der Waals surface area contributed by atoms with E-state index in [4.69, 9.17) is 9.47 Å². The topological polar surface area (TPSA) is 55.8 Å². The second-order valence-electron chi connectivity index (χ2n) is 5.14. The largest absolute Gasteiger partial charge is 0.464 e. The number of carbonyl (C=O) groups is 2. The van der Waals surface area contributed by atoms with Gasteiger partial charge in [-0.15, -0.1) is 0 Å². The summed E-state index contributed by atoms with van der Waals surface area (Å²) in [6, 6.07) is -0.412. The highest BCUT2D eigenvalue weighted by molar-refractivity contribution is 5.85. The Kier molecular flexibility index (Phi) is 5.14. The fourth-order valence-electron chi connectivity index (χ4n) is 2.09. The van der Waals surface area contributed by atoms with E-state index in [1.54, 1.807) is 18.9 Å². The van der Waals surface area contributed by atoms with Crippen LogP contribution in [0.25, 0.3) is 0 Å². The van der Waals surface area contributed by atoms with Crippen LogP contribution in [0.15, 0.2) is 0 Å². The van der Waals surface area contributed by atoms with Crippen LogP contribution in [0.2, 0.25) is 0 Å². The third-order valence-corrected chi connectivity index (χ3v) is 3.26. The molecule has 1 fully saturated rings. The van der Waals surface area contributed by atoms with Crippen LogP contribution < -0.4 is 0 Å². The van der Waals surface area contributed by atoms with E-state index in [0.717, 1.165) is 6.42 Å². The summed E-state index contributed by atoms with van der Waals surface area (Å²) in [4.78, 5) is 25.5. The zero-order valence-electron chi connectivity index (χ0n) is 11.7. The van der Waals surface area contributed by atoms with Gasteiger partial charge in [-0.3, -0.25) is 4.79 Å². The van der Waals surface area contributed by atoms with Gasteiger partial charge in [-0.1, -0.05) is 0 Å². The number of methoxy groups -OCH3 is 1. The maximum Gasteiger partial charge on any atom is 0.328 e. The van der Waals surface area contributed by atoms with Crippen molar-refractivity contribution in [1.29, 1.82) is 0 Å². The summed E-state index contributed by atoms with van der Waals surface area (Å²) in [7, 11) is 1.58. The number of likely N-dealkylation sites (tertiary alicyclic amines) is 1. The van der Waals surface area contributed by atoms with Crippen molar-refractivity contribution < 1.29 is 19.1 Å². The molecule has 0 radical (unpaired) electrons. The molecule has 0 aromatic carbocycles. The van der Waals surface area contributed by atoms with Gasteiger partial charge in [0.2, 0.25) is 5.91 Å². The van der Waals surface area contributed by atoms with Crippen LogP contribution in [0.3, 0.4) is 0 Å². The van der Waals surface area contributed by atoms with E-state index in [9.17, 15) is 9.59 Å². The summed E-state index contributed by atoms with van der Waals surface area (Å²) < 4.78 is 10.2. The van der Waals surface area contributed by atoms with Crippen molar-refractivity contribution in [2.45, 2.75) is 51.7 Å². The molecule has 1 aliphatic rings. The lowest BCUT2D eigenvalue weighted by molar-refractivity contribution is -0.154. The van der Waals surface area contributed by atoms with Crippen molar-refractivity contribution in [2.24, 2.45) is 0 Å². The Balaban J connectivity index is 2.64. The number of carbonyl (C=O) groups excluding carboxylic acids is 2. The minimum Gasteiger partial charge on any atom is -0.464 e. The number of ether oxygens (including phenoxy) is 2. The van der Waals surface area contributed by atoms with E-state index in [1.165, 1.54) is 0 Å². The Morgan fingerprint density at radius 3 is 2.61 bits per heavy atom. The molecule has 0 spiro atoms. The highest BCUT2D eigenvalue weighted by Crippen LogP contribution is 2.23. The van der Waals surface area contributed by atoms with Gasteiger partial charge in [0.15, 0.2) is 0 Å². The Morgan fingerprint density at radius 1 is 1.39 bits per heavy atom. The summed E-state index contributed by atoms with van der Waals surface area (Å²) in [5, 5.41) is 0. The van der Waals surface area contributed by atoms with Crippen LogP contribution in [0, 0.1) is 0 Å². The molecule has 104 valence electrons. The normalized spacial score (nSPS) is 20.0. The minimum absolute atomic E-state index is 0.0441. The standard InChI is InChI=1S/C13H23NO4/c1-5-18-12(16)10-7-6-8-14(10)11(15)9-13(2,3)17-4/h10H,5-9H2,1-4H3. The first kappa shape index (κ1) is 15.0. The molecule has 1 heterocycles. The summed E-state index contributed by atoms with van der Waals surface area (Å²) in [6.45, 7) is 6.47. The Bertz CT molecular complexity index is 314. The molecule has 1 unspecified atom stereocenters. The zero-order chi connectivity index (χ0) is 13.8. The lowest BCUT2D eigenvalue weighted by atomic mass is 10.0. The number of amides is 1. The van der Waals surface area contributed by atoms with Crippen LogP contribution in [0.4, 0.5) is 0 Å². The third-order valence-electron chi connectivity index (χ3n) is 3.26. The highest BCUT2D eigenvalue weighted by atomic mass is 16.5. The van der Waals surface area contributed by atoms with E-state index in [1.807, 2.05) is 13.8 Å². The predicted octanol–water partition coefficient (Wildman–Crippen LogP) is 1.36. The van der Waals surface area contributed by atoms with Gasteiger partial charge in [0, 0.05) is 13.7 Å². The minimum atomic E-state index is -0.501. The summed E-state index contributed by atoms with van der Waals surface area (Å²) in [6.07, 6.45) is 1.82. The molecule has 5 heteroatoms. The second kappa shape index (κ2) is 6.18. The quantitative estimate of drug-likeness (QED) is 0.698. The van der Waals surface area contributed by atoms with Gasteiger partial charge >= 0.3 is 5.97 Å². The highest BCUT2D eigenvalue weighted by Gasteiger charge is 2.36. The van der Waals surface area contributed by atoms with Gasteiger partial charge in [0.1, 0.15) is 6.04 Å². The molecule has 0 aliphatic carbocycles. The van der Waals surface area contributed by atoms with Crippen LogP contribution >= 0.6 is 0 Å². The monoisotopic (exact) mass is 257 g/mol. The van der Waals surface area contributed by atoms with Crippen molar-refractivity contribution in [3.05, 3.63) is 0 Å². The summed E-state index contributed by atoms with van der Waals surface area (Å²) in [5.41, 5.74) is -0.501. The SMILES string of the molecule is CCOC(=O)C1CCCN1C(=O)CC(C)(C)OC. The average molecular weight is 257 g/mol. The molecule has 0 aromatic heterocycles. The molecule has 0 bridgehead atoms. The fourth-order valence-corrected chi connectivity index (χ4v) is 2.09. The zero-order valence-corrected chi connectivity index (χ0v) is 11.7. The first-order valence-corrected chi connectivity index (χ1v) is 6.42. The van der Waals surface area contributed by atoms with Gasteiger partial charge in [0.05, 0.1) is 18.6 Å². The smallest absolute Gasteiger partial charge is 0.328 e. The first-order chi connectivity index (χ1) is 8.41. The molecule has 1 rings (SSSR count). The number of hydrogen-bond acceptors (Lipinski definition) is 4. The molecule has 1 atom stereocenters. The molecular weight excluding hydrogens is 234 g/mol.